The zero-order chi connectivity index (χ0) is 12.9. The summed E-state index contributed by atoms with van der Waals surface area (Å²) < 4.78 is 32.3. The van der Waals surface area contributed by atoms with Crippen molar-refractivity contribution >= 4 is 16.2 Å². The van der Waals surface area contributed by atoms with E-state index in [4.69, 9.17) is 0 Å². The number of carbonyl (C=O) groups is 1. The van der Waals surface area contributed by atoms with Crippen LogP contribution in [-0.4, -0.2) is 44.9 Å². The number of esters is 1. The minimum absolute atomic E-state index is 0.375. The van der Waals surface area contributed by atoms with Crippen molar-refractivity contribution in [2.45, 2.75) is 38.6 Å². The molecule has 7 heteroatoms. The van der Waals surface area contributed by atoms with Gasteiger partial charge in [0.2, 0.25) is 0 Å². The molecule has 1 unspecified atom stereocenters. The summed E-state index contributed by atoms with van der Waals surface area (Å²) in [7, 11) is -2.32. The van der Waals surface area contributed by atoms with Crippen molar-refractivity contribution in [3.63, 3.8) is 0 Å². The lowest BCUT2D eigenvalue weighted by Gasteiger charge is -2.27. The van der Waals surface area contributed by atoms with Gasteiger partial charge in [0, 0.05) is 13.1 Å². The molecule has 1 atom stereocenters. The van der Waals surface area contributed by atoms with Crippen molar-refractivity contribution in [3.05, 3.63) is 0 Å². The van der Waals surface area contributed by atoms with E-state index in [9.17, 15) is 13.2 Å². The van der Waals surface area contributed by atoms with Gasteiger partial charge in [0.15, 0.2) is 0 Å². The Kier molecular flexibility index (Phi) is 5.35. The Morgan fingerprint density at radius 3 is 2.41 bits per heavy atom. The fourth-order valence-electron chi connectivity index (χ4n) is 1.80. The molecule has 1 heterocycles. The predicted molar refractivity (Wildman–Crippen MR) is 63.6 cm³/mol. The molecule has 1 N–H and O–H groups in total. The highest BCUT2D eigenvalue weighted by Crippen LogP contribution is 2.12. The fraction of sp³-hybridized carbons (Fsp3) is 0.900. The van der Waals surface area contributed by atoms with Gasteiger partial charge in [0.25, 0.3) is 10.2 Å². The van der Waals surface area contributed by atoms with E-state index < -0.39 is 22.2 Å². The topological polar surface area (TPSA) is 75.7 Å². The first-order valence-corrected chi connectivity index (χ1v) is 7.30. The Bertz CT molecular complexity index is 349. The highest BCUT2D eigenvalue weighted by molar-refractivity contribution is 7.87. The minimum atomic E-state index is -3.57. The van der Waals surface area contributed by atoms with E-state index in [1.165, 1.54) is 11.4 Å². The van der Waals surface area contributed by atoms with Crippen LogP contribution in [0.5, 0.6) is 0 Å². The van der Waals surface area contributed by atoms with Crippen LogP contribution in [-0.2, 0) is 19.7 Å². The van der Waals surface area contributed by atoms with Crippen molar-refractivity contribution in [1.82, 2.24) is 9.03 Å². The molecule has 0 aromatic rings. The summed E-state index contributed by atoms with van der Waals surface area (Å²) in [6.45, 7) is 2.78. The second-order valence-electron chi connectivity index (χ2n) is 4.07. The van der Waals surface area contributed by atoms with Crippen LogP contribution in [0, 0.1) is 0 Å². The summed E-state index contributed by atoms with van der Waals surface area (Å²) in [5, 5.41) is 0. The number of hydrogen-bond acceptors (Lipinski definition) is 4. The van der Waals surface area contributed by atoms with Crippen LogP contribution in [0.1, 0.15) is 32.6 Å². The fourth-order valence-corrected chi connectivity index (χ4v) is 3.31. The molecule has 0 aromatic heterocycles. The minimum Gasteiger partial charge on any atom is -0.468 e. The molecule has 0 bridgehead atoms. The molecule has 0 radical (unpaired) electrons. The highest BCUT2D eigenvalue weighted by Gasteiger charge is 2.29. The van der Waals surface area contributed by atoms with Gasteiger partial charge in [-0.25, -0.2) is 0 Å². The van der Waals surface area contributed by atoms with Gasteiger partial charge in [-0.05, 0) is 19.3 Å². The molecule has 6 nitrogen and oxygen atoms in total. The molecule has 0 aliphatic carbocycles. The molecule has 100 valence electrons. The quantitative estimate of drug-likeness (QED) is 0.723. The van der Waals surface area contributed by atoms with Gasteiger partial charge in [-0.1, -0.05) is 13.3 Å². The van der Waals surface area contributed by atoms with Crippen molar-refractivity contribution in [2.75, 3.05) is 20.2 Å². The van der Waals surface area contributed by atoms with Crippen LogP contribution in [0.3, 0.4) is 0 Å². The summed E-state index contributed by atoms with van der Waals surface area (Å²) in [5.41, 5.74) is 0. The normalized spacial score (nSPS) is 19.9. The van der Waals surface area contributed by atoms with Gasteiger partial charge >= 0.3 is 5.97 Å². The lowest BCUT2D eigenvalue weighted by molar-refractivity contribution is -0.142. The SMILES string of the molecule is CCC(NS(=O)(=O)N1CCCCC1)C(=O)OC. The molecular weight excluding hydrogens is 244 g/mol. The summed E-state index contributed by atoms with van der Waals surface area (Å²) in [4.78, 5) is 11.3. The number of carbonyl (C=O) groups excluding carboxylic acids is 1. The monoisotopic (exact) mass is 264 g/mol. The van der Waals surface area contributed by atoms with E-state index in [-0.39, 0.29) is 0 Å². The highest BCUT2D eigenvalue weighted by atomic mass is 32.2. The van der Waals surface area contributed by atoms with Crippen molar-refractivity contribution in [2.24, 2.45) is 0 Å². The average molecular weight is 264 g/mol. The third-order valence-corrected chi connectivity index (χ3v) is 4.47. The van der Waals surface area contributed by atoms with E-state index in [1.54, 1.807) is 6.92 Å². The van der Waals surface area contributed by atoms with Gasteiger partial charge in [0.1, 0.15) is 6.04 Å². The zero-order valence-corrected chi connectivity index (χ0v) is 11.1. The maximum absolute atomic E-state index is 12.0. The first kappa shape index (κ1) is 14.4. The lowest BCUT2D eigenvalue weighted by Crippen LogP contribution is -2.49. The van der Waals surface area contributed by atoms with Gasteiger partial charge < -0.3 is 4.74 Å². The standard InChI is InChI=1S/C10H20N2O4S/c1-3-9(10(13)16-2)11-17(14,15)12-7-5-4-6-8-12/h9,11H,3-8H2,1-2H3. The maximum Gasteiger partial charge on any atom is 0.323 e. The van der Waals surface area contributed by atoms with Crippen molar-refractivity contribution in [3.8, 4) is 0 Å². The summed E-state index contributed by atoms with van der Waals surface area (Å²) in [6.07, 6.45) is 3.17. The number of rotatable bonds is 5. The third kappa shape index (κ3) is 3.93. The molecule has 1 saturated heterocycles. The van der Waals surface area contributed by atoms with Gasteiger partial charge in [0.05, 0.1) is 7.11 Å². The third-order valence-electron chi connectivity index (χ3n) is 2.84. The van der Waals surface area contributed by atoms with Gasteiger partial charge in [-0.2, -0.15) is 17.4 Å². The number of nitrogens with one attached hydrogen (secondary N) is 1. The Labute approximate surface area is 102 Å². The largest absolute Gasteiger partial charge is 0.468 e. The average Bonchev–Trinajstić information content (AvgIpc) is 2.36. The van der Waals surface area contributed by atoms with Crippen LogP contribution in [0.15, 0.2) is 0 Å². The molecule has 0 aromatic carbocycles. The lowest BCUT2D eigenvalue weighted by atomic mass is 10.2. The van der Waals surface area contributed by atoms with Crippen molar-refractivity contribution in [1.29, 1.82) is 0 Å². The summed E-state index contributed by atoms with van der Waals surface area (Å²) >= 11 is 0. The zero-order valence-electron chi connectivity index (χ0n) is 10.3. The molecule has 1 aliphatic heterocycles. The molecule has 1 rings (SSSR count). The van der Waals surface area contributed by atoms with Crippen LogP contribution >= 0.6 is 0 Å². The second kappa shape index (κ2) is 6.32. The van der Waals surface area contributed by atoms with Crippen LogP contribution in [0.25, 0.3) is 0 Å². The van der Waals surface area contributed by atoms with E-state index in [0.717, 1.165) is 19.3 Å². The van der Waals surface area contributed by atoms with Crippen LogP contribution in [0.4, 0.5) is 0 Å². The van der Waals surface area contributed by atoms with Crippen molar-refractivity contribution < 1.29 is 17.9 Å². The van der Waals surface area contributed by atoms with Crippen LogP contribution in [0.2, 0.25) is 0 Å². The maximum atomic E-state index is 12.0. The van der Waals surface area contributed by atoms with E-state index in [0.29, 0.717) is 19.5 Å². The van der Waals surface area contributed by atoms with E-state index >= 15 is 0 Å². The predicted octanol–water partition coefficient (Wildman–Crippen LogP) is 0.258. The molecule has 17 heavy (non-hydrogen) atoms. The Morgan fingerprint density at radius 1 is 1.35 bits per heavy atom. The second-order valence-corrected chi connectivity index (χ2v) is 5.77. The number of piperidine rings is 1. The van der Waals surface area contributed by atoms with Gasteiger partial charge in [-0.15, -0.1) is 0 Å². The summed E-state index contributed by atoms with van der Waals surface area (Å²) in [6, 6.07) is -0.799. The number of methoxy groups -OCH3 is 1. The van der Waals surface area contributed by atoms with Gasteiger partial charge in [-0.3, -0.25) is 4.79 Å². The summed E-state index contributed by atoms with van der Waals surface area (Å²) in [5.74, 6) is -0.548. The molecule has 0 saturated carbocycles. The molecule has 1 aliphatic rings. The molecule has 1 fully saturated rings. The Hall–Kier alpha value is -0.660. The smallest absolute Gasteiger partial charge is 0.323 e. The van der Waals surface area contributed by atoms with E-state index in [1.807, 2.05) is 0 Å². The number of ether oxygens (including phenoxy) is 1. The Balaban J connectivity index is 2.66. The first-order valence-electron chi connectivity index (χ1n) is 5.86. The molecule has 0 spiro atoms. The first-order chi connectivity index (χ1) is 8.01. The van der Waals surface area contributed by atoms with Crippen LogP contribution < -0.4 is 4.72 Å². The van der Waals surface area contributed by atoms with E-state index in [2.05, 4.69) is 9.46 Å². The number of nitrogens with zero attached hydrogens (tertiary/aromatic N) is 1. The number of hydrogen-bond donors (Lipinski definition) is 1. The molecular formula is C10H20N2O4S. The molecule has 0 amide bonds. The Morgan fingerprint density at radius 2 is 1.94 bits per heavy atom.